The standard InChI is InChI=1S/C21H30N4O2/c1-22-21(24-13-16-7-2-3-8-17(16)14-24)23-11-6-12-25-18-9-4-5-10-19(18)27-15-20(25)26/h4-5,9-10,16-17H,2-3,6-8,11-15H2,1H3,(H,22,23). The highest BCUT2D eigenvalue weighted by atomic mass is 16.5. The lowest BCUT2D eigenvalue weighted by molar-refractivity contribution is -0.121. The fourth-order valence-electron chi connectivity index (χ4n) is 4.75. The smallest absolute Gasteiger partial charge is 0.265 e. The molecule has 1 saturated carbocycles. The summed E-state index contributed by atoms with van der Waals surface area (Å²) in [5.41, 5.74) is 0.877. The van der Waals surface area contributed by atoms with Crippen molar-refractivity contribution in [3.63, 3.8) is 0 Å². The molecule has 4 rings (SSSR count). The summed E-state index contributed by atoms with van der Waals surface area (Å²) in [5.74, 6) is 3.53. The van der Waals surface area contributed by atoms with Gasteiger partial charge < -0.3 is 19.9 Å². The van der Waals surface area contributed by atoms with Crippen molar-refractivity contribution < 1.29 is 9.53 Å². The molecule has 2 unspecified atom stereocenters. The zero-order chi connectivity index (χ0) is 18.6. The van der Waals surface area contributed by atoms with Crippen LogP contribution in [0.4, 0.5) is 5.69 Å². The molecule has 1 aromatic carbocycles. The van der Waals surface area contributed by atoms with Crippen LogP contribution in [-0.4, -0.2) is 56.6 Å². The number of nitrogens with zero attached hydrogens (tertiary/aromatic N) is 3. The Morgan fingerprint density at radius 2 is 1.96 bits per heavy atom. The first kappa shape index (κ1) is 18.1. The maximum absolute atomic E-state index is 12.2. The molecular formula is C21H30N4O2. The van der Waals surface area contributed by atoms with E-state index in [-0.39, 0.29) is 12.5 Å². The second-order valence-corrected chi connectivity index (χ2v) is 7.84. The molecule has 27 heavy (non-hydrogen) atoms. The van der Waals surface area contributed by atoms with E-state index in [0.717, 1.165) is 55.3 Å². The number of rotatable bonds is 4. The number of carbonyl (C=O) groups is 1. The molecule has 1 aromatic rings. The number of fused-ring (bicyclic) bond motifs is 2. The number of likely N-dealkylation sites (tertiary alicyclic amines) is 1. The average molecular weight is 370 g/mol. The zero-order valence-corrected chi connectivity index (χ0v) is 16.2. The first-order chi connectivity index (χ1) is 13.3. The number of ether oxygens (including phenoxy) is 1. The summed E-state index contributed by atoms with van der Waals surface area (Å²) in [6.07, 6.45) is 6.39. The van der Waals surface area contributed by atoms with Crippen LogP contribution >= 0.6 is 0 Å². The van der Waals surface area contributed by atoms with Gasteiger partial charge in [0, 0.05) is 33.2 Å². The quantitative estimate of drug-likeness (QED) is 0.503. The van der Waals surface area contributed by atoms with Crippen LogP contribution in [0.2, 0.25) is 0 Å². The number of benzene rings is 1. The summed E-state index contributed by atoms with van der Waals surface area (Å²) < 4.78 is 5.51. The van der Waals surface area contributed by atoms with E-state index >= 15 is 0 Å². The van der Waals surface area contributed by atoms with Gasteiger partial charge in [-0.3, -0.25) is 9.79 Å². The Balaban J connectivity index is 1.28. The number of amides is 1. The highest BCUT2D eigenvalue weighted by molar-refractivity contribution is 5.97. The van der Waals surface area contributed by atoms with Crippen LogP contribution in [0.1, 0.15) is 32.1 Å². The fraction of sp³-hybridized carbons (Fsp3) is 0.619. The van der Waals surface area contributed by atoms with Crippen LogP contribution in [0.15, 0.2) is 29.3 Å². The maximum atomic E-state index is 12.2. The number of nitrogens with one attached hydrogen (secondary N) is 1. The predicted octanol–water partition coefficient (Wildman–Crippen LogP) is 2.50. The van der Waals surface area contributed by atoms with Gasteiger partial charge in [-0.25, -0.2) is 0 Å². The number of hydrogen-bond donors (Lipinski definition) is 1. The van der Waals surface area contributed by atoms with E-state index in [1.807, 2.05) is 36.2 Å². The van der Waals surface area contributed by atoms with Gasteiger partial charge in [0.05, 0.1) is 5.69 Å². The van der Waals surface area contributed by atoms with Gasteiger partial charge in [-0.15, -0.1) is 0 Å². The lowest BCUT2D eigenvalue weighted by Gasteiger charge is -2.29. The van der Waals surface area contributed by atoms with Crippen LogP contribution in [0.3, 0.4) is 0 Å². The Hall–Kier alpha value is -2.24. The molecule has 146 valence electrons. The first-order valence-electron chi connectivity index (χ1n) is 10.2. The summed E-state index contributed by atoms with van der Waals surface area (Å²) in [4.78, 5) is 21.0. The summed E-state index contributed by atoms with van der Waals surface area (Å²) in [6, 6.07) is 7.75. The zero-order valence-electron chi connectivity index (χ0n) is 16.2. The largest absolute Gasteiger partial charge is 0.482 e. The van der Waals surface area contributed by atoms with E-state index < -0.39 is 0 Å². The molecule has 1 N–H and O–H groups in total. The fourth-order valence-corrected chi connectivity index (χ4v) is 4.75. The van der Waals surface area contributed by atoms with Crippen molar-refractivity contribution in [1.29, 1.82) is 0 Å². The number of para-hydroxylation sites is 2. The molecular weight excluding hydrogens is 340 g/mol. The lowest BCUT2D eigenvalue weighted by atomic mass is 9.82. The molecule has 2 fully saturated rings. The van der Waals surface area contributed by atoms with Gasteiger partial charge >= 0.3 is 0 Å². The van der Waals surface area contributed by atoms with Gasteiger partial charge in [0.2, 0.25) is 0 Å². The minimum Gasteiger partial charge on any atom is -0.482 e. The Bertz CT molecular complexity index is 691. The maximum Gasteiger partial charge on any atom is 0.265 e. The summed E-state index contributed by atoms with van der Waals surface area (Å²) in [6.45, 7) is 3.90. The van der Waals surface area contributed by atoms with E-state index in [0.29, 0.717) is 6.54 Å². The van der Waals surface area contributed by atoms with Crippen LogP contribution in [-0.2, 0) is 4.79 Å². The number of aliphatic imine (C=N–C) groups is 1. The summed E-state index contributed by atoms with van der Waals surface area (Å²) >= 11 is 0. The molecule has 6 heteroatoms. The van der Waals surface area contributed by atoms with E-state index in [2.05, 4.69) is 15.2 Å². The third-order valence-corrected chi connectivity index (χ3v) is 6.14. The monoisotopic (exact) mass is 370 g/mol. The van der Waals surface area contributed by atoms with Crippen molar-refractivity contribution in [3.8, 4) is 5.75 Å². The Morgan fingerprint density at radius 3 is 2.70 bits per heavy atom. The van der Waals surface area contributed by atoms with Gasteiger partial charge in [0.15, 0.2) is 12.6 Å². The molecule has 0 aromatic heterocycles. The topological polar surface area (TPSA) is 57.2 Å². The second kappa shape index (κ2) is 8.19. The van der Waals surface area contributed by atoms with Crippen LogP contribution in [0.5, 0.6) is 5.75 Å². The Kier molecular flexibility index (Phi) is 5.50. The van der Waals surface area contributed by atoms with E-state index in [4.69, 9.17) is 4.74 Å². The van der Waals surface area contributed by atoms with Gasteiger partial charge in [0.1, 0.15) is 5.75 Å². The second-order valence-electron chi connectivity index (χ2n) is 7.84. The van der Waals surface area contributed by atoms with Crippen LogP contribution < -0.4 is 15.0 Å². The van der Waals surface area contributed by atoms with Crippen molar-refractivity contribution in [2.24, 2.45) is 16.8 Å². The average Bonchev–Trinajstić information content (AvgIpc) is 3.13. The van der Waals surface area contributed by atoms with Crippen molar-refractivity contribution >= 4 is 17.6 Å². The number of guanidine groups is 1. The van der Waals surface area contributed by atoms with Gasteiger partial charge in [0.25, 0.3) is 5.91 Å². The molecule has 0 spiro atoms. The molecule has 1 aliphatic carbocycles. The summed E-state index contributed by atoms with van der Waals surface area (Å²) in [5, 5.41) is 3.51. The third kappa shape index (κ3) is 3.89. The minimum absolute atomic E-state index is 0.0294. The Morgan fingerprint density at radius 1 is 1.22 bits per heavy atom. The van der Waals surface area contributed by atoms with Gasteiger partial charge in [-0.1, -0.05) is 25.0 Å². The molecule has 2 atom stereocenters. The highest BCUT2D eigenvalue weighted by Crippen LogP contribution is 2.36. The molecule has 6 nitrogen and oxygen atoms in total. The number of carbonyl (C=O) groups excluding carboxylic acids is 1. The third-order valence-electron chi connectivity index (χ3n) is 6.14. The molecule has 3 aliphatic rings. The van der Waals surface area contributed by atoms with Crippen molar-refractivity contribution in [3.05, 3.63) is 24.3 Å². The van der Waals surface area contributed by atoms with Crippen molar-refractivity contribution in [2.75, 3.05) is 44.7 Å². The van der Waals surface area contributed by atoms with Crippen LogP contribution in [0.25, 0.3) is 0 Å². The molecule has 1 saturated heterocycles. The highest BCUT2D eigenvalue weighted by Gasteiger charge is 2.35. The molecule has 0 radical (unpaired) electrons. The van der Waals surface area contributed by atoms with Gasteiger partial charge in [-0.05, 0) is 43.2 Å². The molecule has 2 aliphatic heterocycles. The van der Waals surface area contributed by atoms with E-state index in [1.165, 1.54) is 25.7 Å². The SMILES string of the molecule is CN=C(NCCCN1C(=O)COc2ccccc21)N1CC2CCCCC2C1. The normalized spacial score (nSPS) is 25.1. The lowest BCUT2D eigenvalue weighted by Crippen LogP contribution is -2.43. The van der Waals surface area contributed by atoms with Crippen LogP contribution in [0, 0.1) is 11.8 Å². The minimum atomic E-state index is 0.0294. The van der Waals surface area contributed by atoms with E-state index in [1.54, 1.807) is 0 Å². The number of hydrogen-bond acceptors (Lipinski definition) is 3. The van der Waals surface area contributed by atoms with Crippen molar-refractivity contribution in [2.45, 2.75) is 32.1 Å². The van der Waals surface area contributed by atoms with E-state index in [9.17, 15) is 4.79 Å². The number of anilines is 1. The molecule has 2 heterocycles. The predicted molar refractivity (Wildman–Crippen MR) is 107 cm³/mol. The summed E-state index contributed by atoms with van der Waals surface area (Å²) in [7, 11) is 1.87. The van der Waals surface area contributed by atoms with Crippen molar-refractivity contribution in [1.82, 2.24) is 10.2 Å². The first-order valence-corrected chi connectivity index (χ1v) is 10.2. The molecule has 1 amide bonds. The molecule has 0 bridgehead atoms. The van der Waals surface area contributed by atoms with Gasteiger partial charge in [-0.2, -0.15) is 0 Å². The Labute approximate surface area is 161 Å².